The lowest BCUT2D eigenvalue weighted by Crippen LogP contribution is -2.15. The Labute approximate surface area is 183 Å². The van der Waals surface area contributed by atoms with Crippen molar-refractivity contribution in [3.63, 3.8) is 0 Å². The van der Waals surface area contributed by atoms with Crippen LogP contribution in [0, 0.1) is 6.92 Å². The fourth-order valence-electron chi connectivity index (χ4n) is 4.04. The Morgan fingerprint density at radius 1 is 0.812 bits per heavy atom. The molecule has 7 rings (SSSR count). The third-order valence-electron chi connectivity index (χ3n) is 5.57. The number of para-hydroxylation sites is 3. The maximum Gasteiger partial charge on any atom is 0.269 e. The molecule has 9 heteroatoms. The second kappa shape index (κ2) is 6.14. The Morgan fingerprint density at radius 3 is 2.38 bits per heavy atom. The molecule has 5 aromatic heterocycles. The first-order valence-corrected chi connectivity index (χ1v) is 10.8. The number of hydrogen-bond donors (Lipinski definition) is 0. The minimum atomic E-state index is -0.206. The van der Waals surface area contributed by atoms with Crippen molar-refractivity contribution in [1.82, 2.24) is 34.1 Å². The minimum Gasteiger partial charge on any atom is -0.268 e. The van der Waals surface area contributed by atoms with E-state index in [0.717, 1.165) is 27.8 Å². The Balaban J connectivity index is 1.60. The molecular weight excluding hydrogens is 422 g/mol. The summed E-state index contributed by atoms with van der Waals surface area (Å²) in [5.74, 6) is 0. The number of aryl methyl sites for hydroxylation is 1. The molecule has 0 radical (unpaired) electrons. The molecule has 0 saturated carbocycles. The number of rotatable bonds is 1. The maximum absolute atomic E-state index is 13.5. The van der Waals surface area contributed by atoms with Gasteiger partial charge in [-0.1, -0.05) is 41.7 Å². The second-order valence-corrected chi connectivity index (χ2v) is 8.50. The molecule has 0 bridgehead atoms. The van der Waals surface area contributed by atoms with Crippen molar-refractivity contribution in [2.24, 2.45) is 0 Å². The highest BCUT2D eigenvalue weighted by Crippen LogP contribution is 2.27. The van der Waals surface area contributed by atoms with Crippen molar-refractivity contribution >= 4 is 59.9 Å². The van der Waals surface area contributed by atoms with Crippen LogP contribution in [0.3, 0.4) is 0 Å². The molecule has 7 aromatic rings. The summed E-state index contributed by atoms with van der Waals surface area (Å²) in [7, 11) is 0. The van der Waals surface area contributed by atoms with Gasteiger partial charge < -0.3 is 0 Å². The normalized spacial score (nSPS) is 12.0. The van der Waals surface area contributed by atoms with E-state index in [-0.39, 0.29) is 5.56 Å². The highest BCUT2D eigenvalue weighted by Gasteiger charge is 2.18. The van der Waals surface area contributed by atoms with E-state index in [9.17, 15) is 4.79 Å². The Hall–Kier alpha value is -4.24. The number of aromatic nitrogens is 7. The summed E-state index contributed by atoms with van der Waals surface area (Å²) in [5.41, 5.74) is 4.58. The largest absolute Gasteiger partial charge is 0.269 e. The molecule has 5 heterocycles. The van der Waals surface area contributed by atoms with Crippen molar-refractivity contribution in [2.45, 2.75) is 6.92 Å². The number of thiazole rings is 1. The molecule has 0 atom stereocenters. The number of hydrogen-bond acceptors (Lipinski definition) is 7. The van der Waals surface area contributed by atoms with Crippen molar-refractivity contribution in [3.05, 3.63) is 76.7 Å². The molecule has 0 unspecified atom stereocenters. The van der Waals surface area contributed by atoms with Gasteiger partial charge in [0.05, 0.1) is 27.8 Å². The molecule has 0 aliphatic heterocycles. The fraction of sp³-hybridized carbons (Fsp3) is 0.0435. The zero-order chi connectivity index (χ0) is 21.4. The summed E-state index contributed by atoms with van der Waals surface area (Å²) in [6, 6.07) is 19.3. The van der Waals surface area contributed by atoms with Gasteiger partial charge in [0.2, 0.25) is 4.96 Å². The first-order chi connectivity index (χ1) is 15.7. The molecular formula is C23H13N7OS. The van der Waals surface area contributed by atoms with Crippen molar-refractivity contribution in [2.75, 3.05) is 0 Å². The molecule has 0 fully saturated rings. The van der Waals surface area contributed by atoms with Gasteiger partial charge in [-0.25, -0.2) is 24.0 Å². The van der Waals surface area contributed by atoms with Gasteiger partial charge in [-0.05, 0) is 37.3 Å². The van der Waals surface area contributed by atoms with E-state index in [2.05, 4.69) is 10.1 Å². The van der Waals surface area contributed by atoms with Crippen LogP contribution in [0.25, 0.3) is 54.2 Å². The lowest BCUT2D eigenvalue weighted by molar-refractivity contribution is 0.878. The van der Waals surface area contributed by atoms with Gasteiger partial charge in [0.15, 0.2) is 21.8 Å². The third kappa shape index (κ3) is 2.31. The lowest BCUT2D eigenvalue weighted by atomic mass is 10.2. The second-order valence-electron chi connectivity index (χ2n) is 7.54. The summed E-state index contributed by atoms with van der Waals surface area (Å²) >= 11 is 1.33. The Bertz CT molecular complexity index is 1920. The van der Waals surface area contributed by atoms with E-state index in [0.29, 0.717) is 32.1 Å². The highest BCUT2D eigenvalue weighted by molar-refractivity contribution is 7.23. The lowest BCUT2D eigenvalue weighted by Gasteiger charge is -2.03. The van der Waals surface area contributed by atoms with Crippen LogP contribution in [0.5, 0.6) is 0 Å². The van der Waals surface area contributed by atoms with Crippen LogP contribution in [-0.4, -0.2) is 34.1 Å². The van der Waals surface area contributed by atoms with E-state index in [1.54, 1.807) is 4.68 Å². The van der Waals surface area contributed by atoms with Gasteiger partial charge in [-0.2, -0.15) is 10.1 Å². The van der Waals surface area contributed by atoms with Crippen molar-refractivity contribution in [1.29, 1.82) is 0 Å². The highest BCUT2D eigenvalue weighted by atomic mass is 32.1. The Kier molecular flexibility index (Phi) is 3.35. The zero-order valence-corrected chi connectivity index (χ0v) is 17.5. The first kappa shape index (κ1) is 17.4. The summed E-state index contributed by atoms with van der Waals surface area (Å²) in [6.45, 7) is 1.91. The molecule has 0 spiro atoms. The molecule has 0 N–H and O–H groups in total. The third-order valence-corrected chi connectivity index (χ3v) is 6.49. The van der Waals surface area contributed by atoms with Gasteiger partial charge in [0, 0.05) is 5.39 Å². The molecule has 2 aromatic carbocycles. The van der Waals surface area contributed by atoms with Gasteiger partial charge in [0.1, 0.15) is 0 Å². The molecule has 32 heavy (non-hydrogen) atoms. The monoisotopic (exact) mass is 435 g/mol. The van der Waals surface area contributed by atoms with Crippen LogP contribution in [0.15, 0.2) is 65.5 Å². The van der Waals surface area contributed by atoms with Crippen LogP contribution < -0.4 is 5.56 Å². The molecule has 0 amide bonds. The van der Waals surface area contributed by atoms with Crippen LogP contribution in [0.4, 0.5) is 0 Å². The van der Waals surface area contributed by atoms with E-state index < -0.39 is 0 Å². The SMILES string of the molecule is Cc1nn(-c2ccccc2)c2nc3nc4sc5nc6ccccc6nc5n4c(=O)c3cc12. The maximum atomic E-state index is 13.5. The average Bonchev–Trinajstić information content (AvgIpc) is 3.34. The van der Waals surface area contributed by atoms with Crippen LogP contribution >= 0.6 is 11.3 Å². The summed E-state index contributed by atoms with van der Waals surface area (Å²) in [4.78, 5) is 33.5. The molecule has 0 aliphatic rings. The first-order valence-electron chi connectivity index (χ1n) is 10.0. The summed E-state index contributed by atoms with van der Waals surface area (Å²) in [5, 5.41) is 5.90. The van der Waals surface area contributed by atoms with Crippen molar-refractivity contribution < 1.29 is 0 Å². The predicted octanol–water partition coefficient (Wildman–Crippen LogP) is 4.05. The van der Waals surface area contributed by atoms with E-state index >= 15 is 0 Å². The quantitative estimate of drug-likeness (QED) is 0.386. The van der Waals surface area contributed by atoms with Gasteiger partial charge in [0.25, 0.3) is 5.56 Å². The summed E-state index contributed by atoms with van der Waals surface area (Å²) in [6.07, 6.45) is 0. The molecule has 0 saturated heterocycles. The Morgan fingerprint density at radius 2 is 1.56 bits per heavy atom. The van der Waals surface area contributed by atoms with Gasteiger partial charge in [-0.15, -0.1) is 0 Å². The number of fused-ring (bicyclic) bond motifs is 6. The fourth-order valence-corrected chi connectivity index (χ4v) is 4.98. The van der Waals surface area contributed by atoms with Gasteiger partial charge in [-0.3, -0.25) is 4.79 Å². The predicted molar refractivity (Wildman–Crippen MR) is 125 cm³/mol. The number of pyridine rings is 1. The molecule has 8 nitrogen and oxygen atoms in total. The van der Waals surface area contributed by atoms with Crippen molar-refractivity contribution in [3.8, 4) is 5.69 Å². The standard InChI is InChI=1S/C23H13N7OS/c1-12-14-11-15-18(26-19(14)30(28-12)13-7-3-2-4-8-13)27-23-29(22(15)31)20-21(32-23)25-17-10-6-5-9-16(17)24-20/h2-11H,1H3. The number of benzene rings is 2. The topological polar surface area (TPSA) is 90.9 Å². The molecule has 0 aliphatic carbocycles. The van der Waals surface area contributed by atoms with Crippen LogP contribution in [0.1, 0.15) is 5.69 Å². The van der Waals surface area contributed by atoms with Crippen LogP contribution in [0.2, 0.25) is 0 Å². The van der Waals surface area contributed by atoms with E-state index in [1.165, 1.54) is 15.7 Å². The van der Waals surface area contributed by atoms with E-state index in [1.807, 2.05) is 67.6 Å². The molecule has 152 valence electrons. The van der Waals surface area contributed by atoms with Gasteiger partial charge >= 0.3 is 0 Å². The van der Waals surface area contributed by atoms with E-state index in [4.69, 9.17) is 15.0 Å². The minimum absolute atomic E-state index is 0.206. The zero-order valence-electron chi connectivity index (χ0n) is 16.7. The van der Waals surface area contributed by atoms with Crippen LogP contribution in [-0.2, 0) is 0 Å². The average molecular weight is 435 g/mol. The number of nitrogens with zero attached hydrogens (tertiary/aromatic N) is 7. The summed E-state index contributed by atoms with van der Waals surface area (Å²) < 4.78 is 3.32. The smallest absolute Gasteiger partial charge is 0.268 e.